The number of halogens is 3. The molecule has 0 spiro atoms. The smallest absolute Gasteiger partial charge is 0.241 e. The number of rotatable bonds is 5. The molecule has 19 heavy (non-hydrogen) atoms. The molecule has 1 aromatic rings. The molecule has 0 saturated carbocycles. The first-order valence-electron chi connectivity index (χ1n) is 5.68. The van der Waals surface area contributed by atoms with Crippen LogP contribution in [0.15, 0.2) is 12.1 Å². The van der Waals surface area contributed by atoms with Crippen molar-refractivity contribution in [3.8, 4) is 0 Å². The number of amides is 1. The molecule has 3 N–H and O–H groups in total. The molecular weight excluding hydrogens is 311 g/mol. The van der Waals surface area contributed by atoms with Crippen LogP contribution in [0.5, 0.6) is 0 Å². The minimum atomic E-state index is -0.530. The van der Waals surface area contributed by atoms with Crippen molar-refractivity contribution >= 4 is 46.4 Å². The summed E-state index contributed by atoms with van der Waals surface area (Å²) in [5, 5.41) is 15.6. The Morgan fingerprint density at radius 2 is 1.79 bits per heavy atom. The Bertz CT molecular complexity index is 443. The van der Waals surface area contributed by atoms with Gasteiger partial charge < -0.3 is 15.7 Å². The molecule has 7 heteroatoms. The first-order chi connectivity index (χ1) is 8.81. The SMILES string of the molecule is C[C@H](NC[C@@H](C)O)C(=O)Nc1c(Cl)cc(Cl)cc1Cl. The van der Waals surface area contributed by atoms with Crippen LogP contribution in [-0.4, -0.2) is 29.7 Å². The number of aliphatic hydroxyl groups excluding tert-OH is 1. The fourth-order valence-electron chi connectivity index (χ4n) is 1.33. The molecular formula is C12H15Cl3N2O2. The van der Waals surface area contributed by atoms with Gasteiger partial charge in [0.05, 0.1) is 27.9 Å². The normalized spacial score (nSPS) is 14.0. The highest BCUT2D eigenvalue weighted by atomic mass is 35.5. The molecule has 106 valence electrons. The van der Waals surface area contributed by atoms with Crippen LogP contribution in [0.4, 0.5) is 5.69 Å². The van der Waals surface area contributed by atoms with Crippen molar-refractivity contribution < 1.29 is 9.90 Å². The average Bonchev–Trinajstić information content (AvgIpc) is 2.30. The third kappa shape index (κ3) is 5.16. The largest absolute Gasteiger partial charge is 0.392 e. The number of carbonyl (C=O) groups excluding carboxylic acids is 1. The van der Waals surface area contributed by atoms with Gasteiger partial charge in [0.1, 0.15) is 0 Å². The van der Waals surface area contributed by atoms with Crippen molar-refractivity contribution in [3.63, 3.8) is 0 Å². The lowest BCUT2D eigenvalue weighted by molar-refractivity contribution is -0.117. The van der Waals surface area contributed by atoms with Crippen molar-refractivity contribution in [1.29, 1.82) is 0 Å². The van der Waals surface area contributed by atoms with Crippen molar-refractivity contribution in [2.24, 2.45) is 0 Å². The van der Waals surface area contributed by atoms with Crippen molar-refractivity contribution in [3.05, 3.63) is 27.2 Å². The maximum absolute atomic E-state index is 11.9. The van der Waals surface area contributed by atoms with Gasteiger partial charge in [0.25, 0.3) is 0 Å². The molecule has 0 fully saturated rings. The number of hydrogen-bond donors (Lipinski definition) is 3. The number of carbonyl (C=O) groups is 1. The summed E-state index contributed by atoms with van der Waals surface area (Å²) >= 11 is 17.7. The van der Waals surface area contributed by atoms with E-state index in [-0.39, 0.29) is 16.0 Å². The van der Waals surface area contributed by atoms with Crippen LogP contribution in [0.3, 0.4) is 0 Å². The highest BCUT2D eigenvalue weighted by molar-refractivity contribution is 6.42. The molecule has 4 nitrogen and oxygen atoms in total. The van der Waals surface area contributed by atoms with Gasteiger partial charge >= 0.3 is 0 Å². The van der Waals surface area contributed by atoms with Crippen LogP contribution in [0.25, 0.3) is 0 Å². The van der Waals surface area contributed by atoms with Gasteiger partial charge in [0.15, 0.2) is 0 Å². The van der Waals surface area contributed by atoms with E-state index in [4.69, 9.17) is 39.9 Å². The minimum absolute atomic E-state index is 0.272. The van der Waals surface area contributed by atoms with Gasteiger partial charge in [-0.25, -0.2) is 0 Å². The first-order valence-corrected chi connectivity index (χ1v) is 6.81. The van der Waals surface area contributed by atoms with Gasteiger partial charge in [-0.3, -0.25) is 4.79 Å². The van der Waals surface area contributed by atoms with E-state index in [0.29, 0.717) is 17.3 Å². The van der Waals surface area contributed by atoms with E-state index in [1.54, 1.807) is 13.8 Å². The van der Waals surface area contributed by atoms with Crippen molar-refractivity contribution in [1.82, 2.24) is 5.32 Å². The lowest BCUT2D eigenvalue weighted by Crippen LogP contribution is -2.41. The number of anilines is 1. The zero-order valence-electron chi connectivity index (χ0n) is 10.5. The average molecular weight is 326 g/mol. The zero-order chi connectivity index (χ0) is 14.6. The van der Waals surface area contributed by atoms with E-state index < -0.39 is 12.1 Å². The second-order valence-corrected chi connectivity index (χ2v) is 5.46. The third-order valence-electron chi connectivity index (χ3n) is 2.37. The second-order valence-electron chi connectivity index (χ2n) is 4.21. The van der Waals surface area contributed by atoms with Crippen molar-refractivity contribution in [2.75, 3.05) is 11.9 Å². The molecule has 0 radical (unpaired) electrons. The predicted molar refractivity (Wildman–Crippen MR) is 79.2 cm³/mol. The Kier molecular flexibility index (Phi) is 6.36. The molecule has 0 aliphatic heterocycles. The summed E-state index contributed by atoms with van der Waals surface area (Å²) in [5.41, 5.74) is 0.323. The Balaban J connectivity index is 2.72. The number of aliphatic hydroxyl groups is 1. The predicted octanol–water partition coefficient (Wildman–Crippen LogP) is 2.94. The van der Waals surface area contributed by atoms with Crippen LogP contribution in [0.1, 0.15) is 13.8 Å². The summed E-state index contributed by atoms with van der Waals surface area (Å²) in [6.07, 6.45) is -0.530. The van der Waals surface area contributed by atoms with Crippen LogP contribution < -0.4 is 10.6 Å². The van der Waals surface area contributed by atoms with Crippen LogP contribution in [-0.2, 0) is 4.79 Å². The molecule has 0 unspecified atom stereocenters. The molecule has 0 aliphatic carbocycles. The molecule has 0 heterocycles. The quantitative estimate of drug-likeness (QED) is 0.780. The molecule has 0 aromatic heterocycles. The third-order valence-corrected chi connectivity index (χ3v) is 3.18. The highest BCUT2D eigenvalue weighted by Gasteiger charge is 2.16. The highest BCUT2D eigenvalue weighted by Crippen LogP contribution is 2.33. The summed E-state index contributed by atoms with van der Waals surface area (Å²) in [7, 11) is 0. The van der Waals surface area contributed by atoms with E-state index in [1.807, 2.05) is 0 Å². The van der Waals surface area contributed by atoms with Gasteiger partial charge in [0, 0.05) is 11.6 Å². The van der Waals surface area contributed by atoms with E-state index in [2.05, 4.69) is 10.6 Å². The topological polar surface area (TPSA) is 61.4 Å². The molecule has 1 aromatic carbocycles. The Hall–Kier alpha value is -0.520. The standard InChI is InChI=1S/C12H15Cl3N2O2/c1-6(18)5-16-7(2)12(19)17-11-9(14)3-8(13)4-10(11)15/h3-4,6-7,16,18H,5H2,1-2H3,(H,17,19)/t6-,7+/m1/s1. The van der Waals surface area contributed by atoms with Gasteiger partial charge in [-0.05, 0) is 26.0 Å². The summed E-state index contributed by atoms with van der Waals surface area (Å²) < 4.78 is 0. The Morgan fingerprint density at radius 1 is 1.26 bits per heavy atom. The van der Waals surface area contributed by atoms with Gasteiger partial charge in [-0.1, -0.05) is 34.8 Å². The molecule has 0 saturated heterocycles. The fourth-order valence-corrected chi connectivity index (χ4v) is 2.24. The fraction of sp³-hybridized carbons (Fsp3) is 0.417. The molecule has 1 amide bonds. The number of hydrogen-bond acceptors (Lipinski definition) is 3. The van der Waals surface area contributed by atoms with E-state index in [1.165, 1.54) is 12.1 Å². The number of benzene rings is 1. The minimum Gasteiger partial charge on any atom is -0.392 e. The Labute approximate surface area is 127 Å². The molecule has 0 bridgehead atoms. The summed E-state index contributed by atoms with van der Waals surface area (Å²) in [5.74, 6) is -0.299. The lowest BCUT2D eigenvalue weighted by atomic mass is 10.2. The lowest BCUT2D eigenvalue weighted by Gasteiger charge is -2.16. The van der Waals surface area contributed by atoms with Crippen molar-refractivity contribution in [2.45, 2.75) is 26.0 Å². The molecule has 2 atom stereocenters. The zero-order valence-corrected chi connectivity index (χ0v) is 12.8. The van der Waals surface area contributed by atoms with Gasteiger partial charge in [-0.15, -0.1) is 0 Å². The second kappa shape index (κ2) is 7.31. The monoisotopic (exact) mass is 324 g/mol. The van der Waals surface area contributed by atoms with Crippen LogP contribution >= 0.6 is 34.8 Å². The summed E-state index contributed by atoms with van der Waals surface area (Å²) in [6, 6.07) is 2.51. The van der Waals surface area contributed by atoms with E-state index in [9.17, 15) is 4.79 Å². The van der Waals surface area contributed by atoms with Gasteiger partial charge in [0.2, 0.25) is 5.91 Å². The first kappa shape index (κ1) is 16.5. The summed E-state index contributed by atoms with van der Waals surface area (Å²) in [4.78, 5) is 11.9. The number of nitrogens with one attached hydrogen (secondary N) is 2. The van der Waals surface area contributed by atoms with E-state index in [0.717, 1.165) is 0 Å². The van der Waals surface area contributed by atoms with Gasteiger partial charge in [-0.2, -0.15) is 0 Å². The summed E-state index contributed by atoms with van der Waals surface area (Å²) in [6.45, 7) is 3.62. The maximum atomic E-state index is 11.9. The van der Waals surface area contributed by atoms with E-state index >= 15 is 0 Å². The molecule has 0 aliphatic rings. The van der Waals surface area contributed by atoms with Crippen LogP contribution in [0.2, 0.25) is 15.1 Å². The maximum Gasteiger partial charge on any atom is 0.241 e. The Morgan fingerprint density at radius 3 is 2.26 bits per heavy atom. The molecule has 1 rings (SSSR count). The van der Waals surface area contributed by atoms with Crippen LogP contribution in [0, 0.1) is 0 Å².